The minimum atomic E-state index is -0.396. The maximum absolute atomic E-state index is 11.9. The number of nitrogens with zero attached hydrogens (tertiary/aromatic N) is 3. The van der Waals surface area contributed by atoms with Crippen molar-refractivity contribution in [1.82, 2.24) is 14.8 Å². The van der Waals surface area contributed by atoms with E-state index >= 15 is 0 Å². The third-order valence-corrected chi connectivity index (χ3v) is 4.16. The van der Waals surface area contributed by atoms with Crippen LogP contribution in [0.1, 0.15) is 24.0 Å². The van der Waals surface area contributed by atoms with E-state index in [9.17, 15) is 4.79 Å². The molecule has 5 nitrogen and oxygen atoms in total. The van der Waals surface area contributed by atoms with Crippen molar-refractivity contribution in [2.75, 3.05) is 26.2 Å². The molecule has 1 unspecified atom stereocenters. The first-order chi connectivity index (χ1) is 9.06. The van der Waals surface area contributed by atoms with Gasteiger partial charge in [0, 0.05) is 38.1 Å². The Bertz CT molecular complexity index is 438. The van der Waals surface area contributed by atoms with Gasteiger partial charge in [0.25, 0.3) is 0 Å². The van der Waals surface area contributed by atoms with Gasteiger partial charge in [-0.1, -0.05) is 0 Å². The monoisotopic (exact) mass is 318 g/mol. The van der Waals surface area contributed by atoms with Gasteiger partial charge in [-0.05, 0) is 20.3 Å². The highest BCUT2D eigenvalue weighted by Gasteiger charge is 2.21. The second kappa shape index (κ2) is 7.93. The second-order valence-electron chi connectivity index (χ2n) is 5.10. The highest BCUT2D eigenvalue weighted by atomic mass is 35.5. The molecule has 20 heavy (non-hydrogen) atoms. The van der Waals surface area contributed by atoms with E-state index in [4.69, 9.17) is 5.73 Å². The molecule has 1 saturated heterocycles. The number of carbonyl (C=O) groups is 1. The molecule has 0 spiro atoms. The summed E-state index contributed by atoms with van der Waals surface area (Å²) in [4.78, 5) is 20.6. The lowest BCUT2D eigenvalue weighted by atomic mass is 10.3. The largest absolute Gasteiger partial charge is 0.340 e. The molecular formula is C13H23ClN4OS. The van der Waals surface area contributed by atoms with Crippen LogP contribution in [0.3, 0.4) is 0 Å². The molecule has 0 bridgehead atoms. The number of amides is 1. The second-order valence-corrected chi connectivity index (χ2v) is 6.16. The van der Waals surface area contributed by atoms with Crippen LogP contribution in [0, 0.1) is 6.92 Å². The molecule has 1 aromatic rings. The van der Waals surface area contributed by atoms with E-state index in [0.29, 0.717) is 0 Å². The molecule has 2 heterocycles. The zero-order chi connectivity index (χ0) is 13.8. The summed E-state index contributed by atoms with van der Waals surface area (Å²) >= 11 is 1.69. The molecule has 114 valence electrons. The quantitative estimate of drug-likeness (QED) is 0.911. The van der Waals surface area contributed by atoms with Crippen molar-refractivity contribution in [3.63, 3.8) is 0 Å². The van der Waals surface area contributed by atoms with Crippen molar-refractivity contribution >= 4 is 29.7 Å². The molecule has 7 heteroatoms. The van der Waals surface area contributed by atoms with Gasteiger partial charge in [0.1, 0.15) is 0 Å². The van der Waals surface area contributed by atoms with Gasteiger partial charge in [-0.15, -0.1) is 23.7 Å². The van der Waals surface area contributed by atoms with Gasteiger partial charge >= 0.3 is 0 Å². The summed E-state index contributed by atoms with van der Waals surface area (Å²) in [7, 11) is 0. The molecule has 0 radical (unpaired) electrons. The molecule has 0 aliphatic carbocycles. The van der Waals surface area contributed by atoms with Crippen molar-refractivity contribution in [2.24, 2.45) is 5.73 Å². The number of halogens is 1. The fraction of sp³-hybridized carbons (Fsp3) is 0.692. The molecule has 0 saturated carbocycles. The van der Waals surface area contributed by atoms with E-state index in [1.165, 1.54) is 0 Å². The maximum Gasteiger partial charge on any atom is 0.239 e. The first-order valence-electron chi connectivity index (χ1n) is 6.74. The third kappa shape index (κ3) is 4.70. The molecule has 1 aliphatic heterocycles. The molecule has 1 amide bonds. The van der Waals surface area contributed by atoms with Crippen LogP contribution in [0.4, 0.5) is 0 Å². The van der Waals surface area contributed by atoms with Gasteiger partial charge in [0.05, 0.1) is 16.7 Å². The number of carbonyl (C=O) groups excluding carboxylic acids is 1. The van der Waals surface area contributed by atoms with Gasteiger partial charge in [0.2, 0.25) is 5.91 Å². The van der Waals surface area contributed by atoms with Crippen molar-refractivity contribution in [3.8, 4) is 0 Å². The summed E-state index contributed by atoms with van der Waals surface area (Å²) in [5, 5.41) is 3.23. The molecular weight excluding hydrogens is 296 g/mol. The van der Waals surface area contributed by atoms with Gasteiger partial charge < -0.3 is 10.6 Å². The Morgan fingerprint density at radius 1 is 1.45 bits per heavy atom. The summed E-state index contributed by atoms with van der Waals surface area (Å²) in [6, 6.07) is -0.396. The minimum Gasteiger partial charge on any atom is -0.340 e. The number of hydrogen-bond donors (Lipinski definition) is 1. The van der Waals surface area contributed by atoms with E-state index in [0.717, 1.165) is 49.8 Å². The average molecular weight is 319 g/mol. The Balaban J connectivity index is 0.00000200. The topological polar surface area (TPSA) is 62.5 Å². The number of thiazole rings is 1. The maximum atomic E-state index is 11.9. The van der Waals surface area contributed by atoms with Crippen LogP contribution in [0.15, 0.2) is 5.38 Å². The Labute approximate surface area is 130 Å². The number of hydrogen-bond acceptors (Lipinski definition) is 5. The van der Waals surface area contributed by atoms with Crippen LogP contribution in [0.5, 0.6) is 0 Å². The molecule has 1 aliphatic rings. The van der Waals surface area contributed by atoms with Crippen LogP contribution < -0.4 is 5.73 Å². The smallest absolute Gasteiger partial charge is 0.239 e. The first-order valence-corrected chi connectivity index (χ1v) is 7.62. The fourth-order valence-corrected chi connectivity index (χ4v) is 2.95. The standard InChI is InChI=1S/C13H22N4OS.ClH/c1-10(14)13(18)17-5-3-4-16(6-7-17)8-12-9-19-11(2)15-12;/h9-10H,3-8,14H2,1-2H3;1H. The Morgan fingerprint density at radius 3 is 2.80 bits per heavy atom. The molecule has 2 rings (SSSR count). The lowest BCUT2D eigenvalue weighted by Crippen LogP contribution is -2.43. The van der Waals surface area contributed by atoms with E-state index in [1.807, 2.05) is 11.8 Å². The van der Waals surface area contributed by atoms with Gasteiger partial charge in [-0.2, -0.15) is 0 Å². The van der Waals surface area contributed by atoms with Crippen molar-refractivity contribution in [2.45, 2.75) is 32.9 Å². The van der Waals surface area contributed by atoms with Crippen LogP contribution >= 0.6 is 23.7 Å². The van der Waals surface area contributed by atoms with E-state index in [1.54, 1.807) is 18.3 Å². The Kier molecular flexibility index (Phi) is 6.88. The predicted molar refractivity (Wildman–Crippen MR) is 84.2 cm³/mol. The van der Waals surface area contributed by atoms with Crippen molar-refractivity contribution < 1.29 is 4.79 Å². The lowest BCUT2D eigenvalue weighted by Gasteiger charge is -2.23. The third-order valence-electron chi connectivity index (χ3n) is 3.34. The van der Waals surface area contributed by atoms with E-state index < -0.39 is 6.04 Å². The van der Waals surface area contributed by atoms with E-state index in [-0.39, 0.29) is 18.3 Å². The molecule has 1 fully saturated rings. The predicted octanol–water partition coefficient (Wildman–Crippen LogP) is 1.25. The van der Waals surface area contributed by atoms with Crippen molar-refractivity contribution in [3.05, 3.63) is 16.1 Å². The van der Waals surface area contributed by atoms with Crippen LogP contribution in [-0.4, -0.2) is 52.9 Å². The summed E-state index contributed by atoms with van der Waals surface area (Å²) in [5.74, 6) is 0.0614. The zero-order valence-electron chi connectivity index (χ0n) is 12.0. The molecule has 1 aromatic heterocycles. The van der Waals surface area contributed by atoms with E-state index in [2.05, 4.69) is 15.3 Å². The summed E-state index contributed by atoms with van der Waals surface area (Å²) in [6.45, 7) is 8.15. The Hall–Kier alpha value is -0.690. The lowest BCUT2D eigenvalue weighted by molar-refractivity contribution is -0.132. The van der Waals surface area contributed by atoms with Gasteiger partial charge in [-0.25, -0.2) is 4.98 Å². The first kappa shape index (κ1) is 17.4. The average Bonchev–Trinajstić information content (AvgIpc) is 2.63. The van der Waals surface area contributed by atoms with Gasteiger partial charge in [0.15, 0.2) is 0 Å². The summed E-state index contributed by atoms with van der Waals surface area (Å²) < 4.78 is 0. The molecule has 0 aromatic carbocycles. The Morgan fingerprint density at radius 2 is 2.20 bits per heavy atom. The van der Waals surface area contributed by atoms with Crippen LogP contribution in [0.2, 0.25) is 0 Å². The SMILES string of the molecule is Cc1nc(CN2CCCN(C(=O)C(C)N)CC2)cs1.Cl. The minimum absolute atomic E-state index is 0. The zero-order valence-corrected chi connectivity index (χ0v) is 13.7. The number of rotatable bonds is 3. The highest BCUT2D eigenvalue weighted by molar-refractivity contribution is 7.09. The van der Waals surface area contributed by atoms with Crippen LogP contribution in [0.25, 0.3) is 0 Å². The van der Waals surface area contributed by atoms with Gasteiger partial charge in [-0.3, -0.25) is 9.69 Å². The normalized spacial score (nSPS) is 18.2. The number of nitrogens with two attached hydrogens (primary N) is 1. The summed E-state index contributed by atoms with van der Waals surface area (Å²) in [5.41, 5.74) is 6.80. The summed E-state index contributed by atoms with van der Waals surface area (Å²) in [6.07, 6.45) is 1.00. The fourth-order valence-electron chi connectivity index (χ4n) is 2.35. The van der Waals surface area contributed by atoms with Crippen molar-refractivity contribution in [1.29, 1.82) is 0 Å². The van der Waals surface area contributed by atoms with Crippen LogP contribution in [-0.2, 0) is 11.3 Å². The molecule has 1 atom stereocenters. The number of aryl methyl sites for hydroxylation is 1. The number of aromatic nitrogens is 1. The highest BCUT2D eigenvalue weighted by Crippen LogP contribution is 2.12. The molecule has 2 N–H and O–H groups in total.